The van der Waals surface area contributed by atoms with Gasteiger partial charge in [-0.3, -0.25) is 0 Å². The highest BCUT2D eigenvalue weighted by Gasteiger charge is 2.10. The van der Waals surface area contributed by atoms with E-state index < -0.39 is 0 Å². The normalized spacial score (nSPS) is 10.6. The van der Waals surface area contributed by atoms with Crippen LogP contribution in [-0.4, -0.2) is 5.11 Å². The molecule has 2 heteroatoms. The quantitative estimate of drug-likeness (QED) is 0.810. The molecule has 0 aliphatic carbocycles. The Morgan fingerprint density at radius 1 is 1.06 bits per heavy atom. The predicted molar refractivity (Wildman–Crippen MR) is 76.3 cm³/mol. The molecule has 2 rings (SSSR count). The molecule has 0 fully saturated rings. The molecule has 0 amide bonds. The molecular formula is C16H19NO. The SMILES string of the molecule is CCc1ccccc1-c1cc(N)cc(CO)c1C. The van der Waals surface area contributed by atoms with Crippen LogP contribution in [0.5, 0.6) is 0 Å². The molecule has 3 N–H and O–H groups in total. The largest absolute Gasteiger partial charge is 0.399 e. The van der Waals surface area contributed by atoms with Gasteiger partial charge in [-0.2, -0.15) is 0 Å². The van der Waals surface area contributed by atoms with Gasteiger partial charge in [0.25, 0.3) is 0 Å². The average Bonchev–Trinajstić information content (AvgIpc) is 2.41. The second-order valence-electron chi connectivity index (χ2n) is 4.52. The number of anilines is 1. The smallest absolute Gasteiger partial charge is 0.0685 e. The molecule has 0 spiro atoms. The van der Waals surface area contributed by atoms with E-state index in [-0.39, 0.29) is 6.61 Å². The van der Waals surface area contributed by atoms with Crippen LogP contribution < -0.4 is 5.73 Å². The number of aryl methyl sites for hydroxylation is 1. The van der Waals surface area contributed by atoms with E-state index in [0.717, 1.165) is 23.1 Å². The van der Waals surface area contributed by atoms with Gasteiger partial charge < -0.3 is 10.8 Å². The first-order valence-electron chi connectivity index (χ1n) is 6.25. The van der Waals surface area contributed by atoms with Gasteiger partial charge in [-0.1, -0.05) is 31.2 Å². The van der Waals surface area contributed by atoms with Crippen LogP contribution in [0, 0.1) is 6.92 Å². The van der Waals surface area contributed by atoms with Crippen molar-refractivity contribution in [2.45, 2.75) is 26.9 Å². The summed E-state index contributed by atoms with van der Waals surface area (Å²) in [7, 11) is 0. The van der Waals surface area contributed by atoms with E-state index >= 15 is 0 Å². The Labute approximate surface area is 108 Å². The summed E-state index contributed by atoms with van der Waals surface area (Å²) in [6.45, 7) is 4.21. The van der Waals surface area contributed by atoms with Crippen molar-refractivity contribution in [3.63, 3.8) is 0 Å². The third-order valence-corrected chi connectivity index (χ3v) is 3.40. The zero-order valence-corrected chi connectivity index (χ0v) is 10.9. The van der Waals surface area contributed by atoms with Crippen LogP contribution >= 0.6 is 0 Å². The number of nitrogens with two attached hydrogens (primary N) is 1. The van der Waals surface area contributed by atoms with Crippen molar-refractivity contribution in [2.24, 2.45) is 0 Å². The number of rotatable bonds is 3. The van der Waals surface area contributed by atoms with Crippen molar-refractivity contribution in [2.75, 3.05) is 5.73 Å². The van der Waals surface area contributed by atoms with Crippen molar-refractivity contribution in [1.29, 1.82) is 0 Å². The van der Waals surface area contributed by atoms with Gasteiger partial charge in [0, 0.05) is 5.69 Å². The number of hydrogen-bond acceptors (Lipinski definition) is 2. The fourth-order valence-electron chi connectivity index (χ4n) is 2.33. The number of nitrogen functional groups attached to an aromatic ring is 1. The molecule has 2 aromatic rings. The lowest BCUT2D eigenvalue weighted by molar-refractivity contribution is 0.281. The molecule has 0 heterocycles. The topological polar surface area (TPSA) is 46.2 Å². The summed E-state index contributed by atoms with van der Waals surface area (Å²) >= 11 is 0. The summed E-state index contributed by atoms with van der Waals surface area (Å²) in [5.74, 6) is 0. The van der Waals surface area contributed by atoms with E-state index in [2.05, 4.69) is 25.1 Å². The lowest BCUT2D eigenvalue weighted by atomic mass is 9.92. The lowest BCUT2D eigenvalue weighted by Crippen LogP contribution is -1.98. The minimum absolute atomic E-state index is 0.0260. The zero-order chi connectivity index (χ0) is 13.1. The van der Waals surface area contributed by atoms with Crippen LogP contribution in [0.4, 0.5) is 5.69 Å². The number of benzene rings is 2. The Bertz CT molecular complexity index is 561. The maximum absolute atomic E-state index is 9.39. The minimum Gasteiger partial charge on any atom is -0.399 e. The van der Waals surface area contributed by atoms with Gasteiger partial charge in [-0.25, -0.2) is 0 Å². The second kappa shape index (κ2) is 5.23. The average molecular weight is 241 g/mol. The molecule has 2 aromatic carbocycles. The minimum atomic E-state index is 0.0260. The summed E-state index contributed by atoms with van der Waals surface area (Å²) in [5.41, 5.74) is 12.3. The summed E-state index contributed by atoms with van der Waals surface area (Å²) in [6, 6.07) is 12.2. The standard InChI is InChI=1S/C16H19NO/c1-3-12-6-4-5-7-15(12)16-9-14(17)8-13(10-18)11(16)2/h4-9,18H,3,10,17H2,1-2H3. The molecule has 18 heavy (non-hydrogen) atoms. The van der Waals surface area contributed by atoms with E-state index in [9.17, 15) is 5.11 Å². The fourth-order valence-corrected chi connectivity index (χ4v) is 2.33. The molecule has 0 radical (unpaired) electrons. The first kappa shape index (κ1) is 12.7. The van der Waals surface area contributed by atoms with Crippen molar-refractivity contribution in [3.05, 3.63) is 53.1 Å². The van der Waals surface area contributed by atoms with Crippen LogP contribution in [0.1, 0.15) is 23.6 Å². The molecule has 0 saturated carbocycles. The molecule has 0 aromatic heterocycles. The molecule has 0 saturated heterocycles. The third kappa shape index (κ3) is 2.24. The number of hydrogen-bond donors (Lipinski definition) is 2. The maximum atomic E-state index is 9.39. The predicted octanol–water partition coefficient (Wildman–Crippen LogP) is 3.30. The Kier molecular flexibility index (Phi) is 3.68. The van der Waals surface area contributed by atoms with Gasteiger partial charge in [0.15, 0.2) is 0 Å². The van der Waals surface area contributed by atoms with Crippen LogP contribution in [0.3, 0.4) is 0 Å². The zero-order valence-electron chi connectivity index (χ0n) is 10.9. The monoisotopic (exact) mass is 241 g/mol. The van der Waals surface area contributed by atoms with Crippen LogP contribution in [0.25, 0.3) is 11.1 Å². The Balaban J connectivity index is 2.67. The van der Waals surface area contributed by atoms with Crippen molar-refractivity contribution in [1.82, 2.24) is 0 Å². The Hall–Kier alpha value is -1.80. The highest BCUT2D eigenvalue weighted by Crippen LogP contribution is 2.31. The second-order valence-corrected chi connectivity index (χ2v) is 4.52. The van der Waals surface area contributed by atoms with E-state index in [1.807, 2.05) is 25.1 Å². The van der Waals surface area contributed by atoms with Crippen molar-refractivity contribution in [3.8, 4) is 11.1 Å². The van der Waals surface area contributed by atoms with Gasteiger partial charge in [0.2, 0.25) is 0 Å². The summed E-state index contributed by atoms with van der Waals surface area (Å²) in [6.07, 6.45) is 0.985. The van der Waals surface area contributed by atoms with Crippen molar-refractivity contribution >= 4 is 5.69 Å². The van der Waals surface area contributed by atoms with E-state index in [4.69, 9.17) is 5.73 Å². The first-order valence-corrected chi connectivity index (χ1v) is 6.25. The van der Waals surface area contributed by atoms with Gasteiger partial charge in [-0.05, 0) is 53.3 Å². The lowest BCUT2D eigenvalue weighted by Gasteiger charge is -2.14. The Morgan fingerprint density at radius 2 is 1.78 bits per heavy atom. The van der Waals surface area contributed by atoms with Crippen LogP contribution in [-0.2, 0) is 13.0 Å². The van der Waals surface area contributed by atoms with Crippen LogP contribution in [0.15, 0.2) is 36.4 Å². The fraction of sp³-hybridized carbons (Fsp3) is 0.250. The van der Waals surface area contributed by atoms with E-state index in [1.54, 1.807) is 0 Å². The number of aliphatic hydroxyl groups excluding tert-OH is 1. The molecule has 0 unspecified atom stereocenters. The van der Waals surface area contributed by atoms with E-state index in [1.165, 1.54) is 11.1 Å². The van der Waals surface area contributed by atoms with Crippen molar-refractivity contribution < 1.29 is 5.11 Å². The molecule has 0 bridgehead atoms. The van der Waals surface area contributed by atoms with Gasteiger partial charge >= 0.3 is 0 Å². The summed E-state index contributed by atoms with van der Waals surface area (Å²) < 4.78 is 0. The molecule has 0 aliphatic heterocycles. The van der Waals surface area contributed by atoms with E-state index in [0.29, 0.717) is 5.69 Å². The maximum Gasteiger partial charge on any atom is 0.0685 e. The van der Waals surface area contributed by atoms with Gasteiger partial charge in [0.05, 0.1) is 6.61 Å². The van der Waals surface area contributed by atoms with Gasteiger partial charge in [-0.15, -0.1) is 0 Å². The Morgan fingerprint density at radius 3 is 2.44 bits per heavy atom. The molecule has 94 valence electrons. The molecule has 0 atom stereocenters. The highest BCUT2D eigenvalue weighted by molar-refractivity contribution is 5.75. The highest BCUT2D eigenvalue weighted by atomic mass is 16.3. The van der Waals surface area contributed by atoms with Crippen LogP contribution in [0.2, 0.25) is 0 Å². The first-order chi connectivity index (χ1) is 8.67. The molecule has 2 nitrogen and oxygen atoms in total. The summed E-state index contributed by atoms with van der Waals surface area (Å²) in [5, 5.41) is 9.39. The van der Waals surface area contributed by atoms with Gasteiger partial charge in [0.1, 0.15) is 0 Å². The third-order valence-electron chi connectivity index (χ3n) is 3.40. The molecular weight excluding hydrogens is 222 g/mol. The summed E-state index contributed by atoms with van der Waals surface area (Å²) in [4.78, 5) is 0. The number of aliphatic hydroxyl groups is 1. The molecule has 0 aliphatic rings.